The maximum atomic E-state index is 11.8. The zero-order valence-electron chi connectivity index (χ0n) is 11.3. The van der Waals surface area contributed by atoms with Crippen LogP contribution in [0.2, 0.25) is 0 Å². The van der Waals surface area contributed by atoms with Gasteiger partial charge in [-0.25, -0.2) is 4.68 Å². The van der Waals surface area contributed by atoms with Gasteiger partial charge < -0.3 is 10.4 Å². The number of carboxylic acid groups (broad SMARTS) is 1. The highest BCUT2D eigenvalue weighted by molar-refractivity contribution is 5.77. The maximum Gasteiger partial charge on any atom is 0.305 e. The number of nitrogens with zero attached hydrogens (tertiary/aromatic N) is 4. The number of tetrazole rings is 1. The molecule has 0 aliphatic carbocycles. The molecule has 2 N–H and O–H groups in total. The Labute approximate surface area is 111 Å². The number of carbonyl (C=O) groups excluding carboxylic acids is 1. The molecule has 19 heavy (non-hydrogen) atoms. The van der Waals surface area contributed by atoms with Gasteiger partial charge in [-0.3, -0.25) is 9.59 Å². The van der Waals surface area contributed by atoms with Crippen molar-refractivity contribution in [3.05, 3.63) is 5.82 Å². The Balaban J connectivity index is 2.55. The molecule has 0 aromatic carbocycles. The van der Waals surface area contributed by atoms with E-state index in [-0.39, 0.29) is 24.9 Å². The number of carbonyl (C=O) groups is 2. The van der Waals surface area contributed by atoms with Gasteiger partial charge >= 0.3 is 5.97 Å². The fourth-order valence-electron chi connectivity index (χ4n) is 1.78. The quantitative estimate of drug-likeness (QED) is 0.720. The molecule has 0 fully saturated rings. The van der Waals surface area contributed by atoms with Crippen molar-refractivity contribution in [2.45, 2.75) is 46.2 Å². The summed E-state index contributed by atoms with van der Waals surface area (Å²) in [5.41, 5.74) is 0. The van der Waals surface area contributed by atoms with E-state index in [4.69, 9.17) is 5.11 Å². The highest BCUT2D eigenvalue weighted by Gasteiger charge is 2.18. The van der Waals surface area contributed by atoms with Crippen LogP contribution in [0.4, 0.5) is 0 Å². The zero-order valence-corrected chi connectivity index (χ0v) is 11.3. The van der Waals surface area contributed by atoms with Crippen LogP contribution >= 0.6 is 0 Å². The molecule has 8 heteroatoms. The van der Waals surface area contributed by atoms with Crippen LogP contribution in [0.3, 0.4) is 0 Å². The summed E-state index contributed by atoms with van der Waals surface area (Å²) in [5, 5.41) is 22.3. The number of amides is 1. The van der Waals surface area contributed by atoms with Crippen molar-refractivity contribution in [3.8, 4) is 0 Å². The number of aromatic nitrogens is 4. The molecule has 106 valence electrons. The first-order valence-electron chi connectivity index (χ1n) is 6.12. The van der Waals surface area contributed by atoms with E-state index in [1.807, 2.05) is 13.8 Å². The largest absolute Gasteiger partial charge is 0.481 e. The standard InChI is InChI=1S/C11H19N5O3/c1-7(2)4-9(5-11(18)19)12-10(17)6-16-8(3)13-14-15-16/h7,9H,4-6H2,1-3H3,(H,12,17)(H,18,19). The summed E-state index contributed by atoms with van der Waals surface area (Å²) in [5.74, 6) is -0.375. The van der Waals surface area contributed by atoms with Gasteiger partial charge in [-0.05, 0) is 29.7 Å². The SMILES string of the molecule is Cc1nnnn1CC(=O)NC(CC(=O)O)CC(C)C. The van der Waals surface area contributed by atoms with Crippen molar-refractivity contribution in [1.82, 2.24) is 25.5 Å². The van der Waals surface area contributed by atoms with Crippen LogP contribution in [0.15, 0.2) is 0 Å². The summed E-state index contributed by atoms with van der Waals surface area (Å²) in [6.07, 6.45) is 0.533. The number of nitrogens with one attached hydrogen (secondary N) is 1. The van der Waals surface area contributed by atoms with Gasteiger partial charge in [-0.2, -0.15) is 0 Å². The maximum absolute atomic E-state index is 11.8. The van der Waals surface area contributed by atoms with E-state index >= 15 is 0 Å². The van der Waals surface area contributed by atoms with Gasteiger partial charge in [0.05, 0.1) is 6.42 Å². The Morgan fingerprint density at radius 1 is 1.42 bits per heavy atom. The van der Waals surface area contributed by atoms with Gasteiger partial charge in [0.2, 0.25) is 5.91 Å². The molecule has 0 aliphatic heterocycles. The van der Waals surface area contributed by atoms with E-state index in [0.29, 0.717) is 18.2 Å². The summed E-state index contributed by atoms with van der Waals surface area (Å²) >= 11 is 0. The molecule has 0 saturated heterocycles. The molecule has 0 spiro atoms. The van der Waals surface area contributed by atoms with Crippen molar-refractivity contribution in [3.63, 3.8) is 0 Å². The van der Waals surface area contributed by atoms with Crippen LogP contribution in [0.5, 0.6) is 0 Å². The third kappa shape index (κ3) is 5.45. The van der Waals surface area contributed by atoms with Gasteiger partial charge in [0.25, 0.3) is 0 Å². The van der Waals surface area contributed by atoms with Crippen molar-refractivity contribution in [2.24, 2.45) is 5.92 Å². The monoisotopic (exact) mass is 269 g/mol. The lowest BCUT2D eigenvalue weighted by Gasteiger charge is -2.18. The number of hydrogen-bond donors (Lipinski definition) is 2. The third-order valence-corrected chi connectivity index (χ3v) is 2.55. The molecule has 1 unspecified atom stereocenters. The first-order valence-corrected chi connectivity index (χ1v) is 6.12. The van der Waals surface area contributed by atoms with Crippen LogP contribution in [0.1, 0.15) is 32.5 Å². The Bertz CT molecular complexity index is 443. The Kier molecular flexibility index (Phi) is 5.40. The lowest BCUT2D eigenvalue weighted by Crippen LogP contribution is -2.39. The van der Waals surface area contributed by atoms with Crippen molar-refractivity contribution >= 4 is 11.9 Å². The minimum atomic E-state index is -0.926. The van der Waals surface area contributed by atoms with Gasteiger partial charge in [0.15, 0.2) is 0 Å². The normalized spacial score (nSPS) is 12.4. The van der Waals surface area contributed by atoms with Crippen LogP contribution < -0.4 is 5.32 Å². The third-order valence-electron chi connectivity index (χ3n) is 2.55. The van der Waals surface area contributed by atoms with Crippen molar-refractivity contribution in [1.29, 1.82) is 0 Å². The number of aryl methyl sites for hydroxylation is 1. The second kappa shape index (κ2) is 6.81. The number of hydrogen-bond acceptors (Lipinski definition) is 5. The molecule has 1 amide bonds. The minimum Gasteiger partial charge on any atom is -0.481 e. The predicted octanol–water partition coefficient (Wildman–Crippen LogP) is -0.0129. The van der Waals surface area contributed by atoms with Crippen LogP contribution in [-0.4, -0.2) is 43.2 Å². The zero-order chi connectivity index (χ0) is 14.4. The van der Waals surface area contributed by atoms with Crippen LogP contribution in [0, 0.1) is 12.8 Å². The minimum absolute atomic E-state index is 0.00690. The van der Waals surface area contributed by atoms with Gasteiger partial charge in [0, 0.05) is 6.04 Å². The first kappa shape index (κ1) is 15.1. The number of carboxylic acids is 1. The molecular formula is C11H19N5O3. The molecule has 1 aromatic heterocycles. The lowest BCUT2D eigenvalue weighted by molar-refractivity contribution is -0.137. The Morgan fingerprint density at radius 3 is 2.58 bits per heavy atom. The molecule has 0 radical (unpaired) electrons. The highest BCUT2D eigenvalue weighted by Crippen LogP contribution is 2.08. The molecule has 1 heterocycles. The molecule has 1 rings (SSSR count). The average molecular weight is 269 g/mol. The van der Waals surface area contributed by atoms with E-state index in [1.54, 1.807) is 6.92 Å². The van der Waals surface area contributed by atoms with E-state index in [0.717, 1.165) is 0 Å². The molecule has 1 aromatic rings. The van der Waals surface area contributed by atoms with Crippen LogP contribution in [-0.2, 0) is 16.1 Å². The second-order valence-corrected chi connectivity index (χ2v) is 4.88. The summed E-state index contributed by atoms with van der Waals surface area (Å²) in [6, 6.07) is -0.373. The molecule has 8 nitrogen and oxygen atoms in total. The topological polar surface area (TPSA) is 110 Å². The van der Waals surface area contributed by atoms with Crippen molar-refractivity contribution in [2.75, 3.05) is 0 Å². The van der Waals surface area contributed by atoms with Gasteiger partial charge in [-0.1, -0.05) is 13.8 Å². The van der Waals surface area contributed by atoms with Gasteiger partial charge in [0.1, 0.15) is 12.4 Å². The average Bonchev–Trinajstić information content (AvgIpc) is 2.61. The Morgan fingerprint density at radius 2 is 2.11 bits per heavy atom. The Hall–Kier alpha value is -1.99. The molecule has 0 aliphatic rings. The van der Waals surface area contributed by atoms with E-state index in [1.165, 1.54) is 4.68 Å². The number of rotatable bonds is 7. The molecule has 0 bridgehead atoms. The van der Waals surface area contributed by atoms with Crippen LogP contribution in [0.25, 0.3) is 0 Å². The fraction of sp³-hybridized carbons (Fsp3) is 0.727. The summed E-state index contributed by atoms with van der Waals surface area (Å²) in [4.78, 5) is 22.6. The summed E-state index contributed by atoms with van der Waals surface area (Å²) in [6.45, 7) is 5.64. The molecular weight excluding hydrogens is 250 g/mol. The fourth-order valence-corrected chi connectivity index (χ4v) is 1.78. The summed E-state index contributed by atoms with van der Waals surface area (Å²) in [7, 11) is 0. The number of aliphatic carboxylic acids is 1. The molecule has 0 saturated carbocycles. The first-order chi connectivity index (χ1) is 8.88. The predicted molar refractivity (Wildman–Crippen MR) is 66.2 cm³/mol. The van der Waals surface area contributed by atoms with E-state index in [9.17, 15) is 9.59 Å². The lowest BCUT2D eigenvalue weighted by atomic mass is 10.0. The van der Waals surface area contributed by atoms with Crippen molar-refractivity contribution < 1.29 is 14.7 Å². The van der Waals surface area contributed by atoms with E-state index in [2.05, 4.69) is 20.8 Å². The highest BCUT2D eigenvalue weighted by atomic mass is 16.4. The van der Waals surface area contributed by atoms with E-state index < -0.39 is 5.97 Å². The van der Waals surface area contributed by atoms with Gasteiger partial charge in [-0.15, -0.1) is 5.10 Å². The smallest absolute Gasteiger partial charge is 0.305 e. The molecule has 1 atom stereocenters. The second-order valence-electron chi connectivity index (χ2n) is 4.88. The summed E-state index contributed by atoms with van der Waals surface area (Å²) < 4.78 is 1.36.